The Bertz CT molecular complexity index is 793. The van der Waals surface area contributed by atoms with Gasteiger partial charge in [0.15, 0.2) is 5.82 Å². The van der Waals surface area contributed by atoms with Gasteiger partial charge in [0.1, 0.15) is 5.69 Å². The van der Waals surface area contributed by atoms with Crippen molar-refractivity contribution >= 4 is 0 Å². The Hall–Kier alpha value is -2.40. The summed E-state index contributed by atoms with van der Waals surface area (Å²) in [7, 11) is 0. The van der Waals surface area contributed by atoms with Gasteiger partial charge in [0.05, 0.1) is 11.9 Å². The standard InChI is InChI=1S/C19H22N4O/c24-14-15-5-4-8-17(13-15)22-12-11-20-19(22)18-9-10-21-23(18)16-6-2-1-3-7-16/h1-3,6-7,9-12,15,17,24H,4-5,8,13-14H2/t15-,17-/m1/s1. The van der Waals surface area contributed by atoms with Crippen molar-refractivity contribution in [3.05, 3.63) is 55.0 Å². The van der Waals surface area contributed by atoms with Crippen molar-refractivity contribution in [1.82, 2.24) is 19.3 Å². The number of aliphatic hydroxyl groups is 1. The second-order valence-electron chi connectivity index (χ2n) is 6.49. The van der Waals surface area contributed by atoms with E-state index in [2.05, 4.69) is 20.8 Å². The molecule has 1 aliphatic carbocycles. The Kier molecular flexibility index (Phi) is 4.17. The molecule has 124 valence electrons. The normalized spacial score (nSPS) is 21.0. The van der Waals surface area contributed by atoms with Crippen LogP contribution in [0.2, 0.25) is 0 Å². The van der Waals surface area contributed by atoms with Crippen molar-refractivity contribution < 1.29 is 5.11 Å². The van der Waals surface area contributed by atoms with Crippen molar-refractivity contribution in [3.63, 3.8) is 0 Å². The van der Waals surface area contributed by atoms with Gasteiger partial charge in [-0.15, -0.1) is 0 Å². The number of para-hydroxylation sites is 1. The first-order valence-electron chi connectivity index (χ1n) is 8.60. The lowest BCUT2D eigenvalue weighted by Gasteiger charge is -2.30. The number of aliphatic hydroxyl groups excluding tert-OH is 1. The third kappa shape index (κ3) is 2.76. The molecule has 0 amide bonds. The maximum atomic E-state index is 9.51. The number of nitrogens with zero attached hydrogens (tertiary/aromatic N) is 4. The van der Waals surface area contributed by atoms with Gasteiger partial charge in [-0.2, -0.15) is 5.10 Å². The minimum atomic E-state index is 0.280. The first-order valence-corrected chi connectivity index (χ1v) is 8.60. The van der Waals surface area contributed by atoms with Crippen LogP contribution in [0.1, 0.15) is 31.7 Å². The lowest BCUT2D eigenvalue weighted by atomic mass is 9.86. The van der Waals surface area contributed by atoms with Crippen LogP contribution in [0.25, 0.3) is 17.2 Å². The van der Waals surface area contributed by atoms with Crippen LogP contribution in [0.5, 0.6) is 0 Å². The number of benzene rings is 1. The first kappa shape index (κ1) is 15.1. The monoisotopic (exact) mass is 322 g/mol. The summed E-state index contributed by atoms with van der Waals surface area (Å²) in [6, 6.07) is 12.5. The maximum Gasteiger partial charge on any atom is 0.159 e. The molecule has 0 saturated heterocycles. The zero-order chi connectivity index (χ0) is 16.4. The number of rotatable bonds is 4. The van der Waals surface area contributed by atoms with Crippen LogP contribution in [-0.2, 0) is 0 Å². The van der Waals surface area contributed by atoms with E-state index < -0.39 is 0 Å². The highest BCUT2D eigenvalue weighted by Crippen LogP contribution is 2.35. The predicted octanol–water partition coefficient (Wildman–Crippen LogP) is 3.46. The molecule has 5 heteroatoms. The average molecular weight is 322 g/mol. The van der Waals surface area contributed by atoms with Gasteiger partial charge in [-0.05, 0) is 43.4 Å². The molecule has 3 aromatic rings. The van der Waals surface area contributed by atoms with E-state index in [-0.39, 0.29) is 6.61 Å². The Balaban J connectivity index is 1.70. The van der Waals surface area contributed by atoms with Crippen LogP contribution in [-0.4, -0.2) is 31.0 Å². The molecule has 1 aliphatic rings. The van der Waals surface area contributed by atoms with Crippen LogP contribution in [0.15, 0.2) is 55.0 Å². The molecule has 2 heterocycles. The fraction of sp³-hybridized carbons (Fsp3) is 0.368. The third-order valence-electron chi connectivity index (χ3n) is 4.95. The van der Waals surface area contributed by atoms with Gasteiger partial charge in [-0.3, -0.25) is 0 Å². The van der Waals surface area contributed by atoms with Gasteiger partial charge in [-0.1, -0.05) is 24.6 Å². The highest BCUT2D eigenvalue weighted by Gasteiger charge is 2.25. The maximum absolute atomic E-state index is 9.51. The van der Waals surface area contributed by atoms with E-state index in [1.54, 1.807) is 0 Å². The van der Waals surface area contributed by atoms with Gasteiger partial charge in [0.2, 0.25) is 0 Å². The smallest absolute Gasteiger partial charge is 0.159 e. The van der Waals surface area contributed by atoms with E-state index in [1.807, 2.05) is 53.5 Å². The van der Waals surface area contributed by atoms with Crippen molar-refractivity contribution in [3.8, 4) is 17.2 Å². The predicted molar refractivity (Wildman–Crippen MR) is 92.9 cm³/mol. The minimum absolute atomic E-state index is 0.280. The van der Waals surface area contributed by atoms with Gasteiger partial charge < -0.3 is 9.67 Å². The van der Waals surface area contributed by atoms with Gasteiger partial charge >= 0.3 is 0 Å². The number of aromatic nitrogens is 4. The largest absolute Gasteiger partial charge is 0.396 e. The lowest BCUT2D eigenvalue weighted by Crippen LogP contribution is -2.22. The zero-order valence-corrected chi connectivity index (χ0v) is 13.6. The van der Waals surface area contributed by atoms with E-state index in [4.69, 9.17) is 0 Å². The molecule has 1 N–H and O–H groups in total. The second-order valence-corrected chi connectivity index (χ2v) is 6.49. The molecule has 2 atom stereocenters. The van der Waals surface area contributed by atoms with Gasteiger partial charge in [-0.25, -0.2) is 9.67 Å². The highest BCUT2D eigenvalue weighted by molar-refractivity contribution is 5.54. The molecule has 1 saturated carbocycles. The summed E-state index contributed by atoms with van der Waals surface area (Å²) in [5.41, 5.74) is 2.03. The number of imidazole rings is 1. The molecule has 1 aromatic carbocycles. The van der Waals surface area contributed by atoms with Crippen LogP contribution in [0.4, 0.5) is 0 Å². The zero-order valence-electron chi connectivity index (χ0n) is 13.6. The van der Waals surface area contributed by atoms with Crippen LogP contribution >= 0.6 is 0 Å². The number of hydrogen-bond donors (Lipinski definition) is 1. The van der Waals surface area contributed by atoms with E-state index in [0.717, 1.165) is 42.9 Å². The van der Waals surface area contributed by atoms with Gasteiger partial charge in [0.25, 0.3) is 0 Å². The molecule has 0 radical (unpaired) electrons. The lowest BCUT2D eigenvalue weighted by molar-refractivity contribution is 0.163. The molecule has 0 spiro atoms. The summed E-state index contributed by atoms with van der Waals surface area (Å²) in [5, 5.41) is 14.0. The Morgan fingerprint density at radius 2 is 1.96 bits per heavy atom. The van der Waals surface area contributed by atoms with Crippen molar-refractivity contribution in [2.75, 3.05) is 6.61 Å². The summed E-state index contributed by atoms with van der Waals surface area (Å²) in [6.07, 6.45) is 10.2. The third-order valence-corrected chi connectivity index (χ3v) is 4.95. The van der Waals surface area contributed by atoms with Crippen LogP contribution in [0.3, 0.4) is 0 Å². The molecule has 24 heavy (non-hydrogen) atoms. The van der Waals surface area contributed by atoms with Crippen molar-refractivity contribution in [1.29, 1.82) is 0 Å². The Morgan fingerprint density at radius 3 is 2.79 bits per heavy atom. The first-order chi connectivity index (χ1) is 11.9. The second kappa shape index (κ2) is 6.61. The van der Waals surface area contributed by atoms with E-state index >= 15 is 0 Å². The highest BCUT2D eigenvalue weighted by atomic mass is 16.3. The molecule has 1 fully saturated rings. The topological polar surface area (TPSA) is 55.9 Å². The van der Waals surface area contributed by atoms with E-state index in [9.17, 15) is 5.11 Å². The summed E-state index contributed by atoms with van der Waals surface area (Å²) in [5.74, 6) is 1.35. The van der Waals surface area contributed by atoms with Crippen molar-refractivity contribution in [2.24, 2.45) is 5.92 Å². The fourth-order valence-corrected chi connectivity index (χ4v) is 3.73. The summed E-state index contributed by atoms with van der Waals surface area (Å²) >= 11 is 0. The van der Waals surface area contributed by atoms with Gasteiger partial charge in [0, 0.05) is 25.0 Å². The van der Waals surface area contributed by atoms with E-state index in [1.165, 1.54) is 0 Å². The summed E-state index contributed by atoms with van der Waals surface area (Å²) in [6.45, 7) is 0.280. The minimum Gasteiger partial charge on any atom is -0.396 e. The molecule has 4 rings (SSSR count). The molecule has 0 aliphatic heterocycles. The quantitative estimate of drug-likeness (QED) is 0.800. The molecule has 0 unspecified atom stereocenters. The molecule has 5 nitrogen and oxygen atoms in total. The molecular formula is C19H22N4O. The van der Waals surface area contributed by atoms with Crippen LogP contribution in [0, 0.1) is 5.92 Å². The SMILES string of the molecule is OC[C@@H]1CCC[C@@H](n2ccnc2-c2ccnn2-c2ccccc2)C1. The molecular weight excluding hydrogens is 300 g/mol. The fourth-order valence-electron chi connectivity index (χ4n) is 3.73. The summed E-state index contributed by atoms with van der Waals surface area (Å²) < 4.78 is 4.20. The summed E-state index contributed by atoms with van der Waals surface area (Å²) in [4.78, 5) is 4.61. The Morgan fingerprint density at radius 1 is 1.08 bits per heavy atom. The Labute approximate surface area is 141 Å². The average Bonchev–Trinajstić information content (AvgIpc) is 3.31. The van der Waals surface area contributed by atoms with E-state index in [0.29, 0.717) is 12.0 Å². The number of hydrogen-bond acceptors (Lipinski definition) is 3. The van der Waals surface area contributed by atoms with Crippen molar-refractivity contribution in [2.45, 2.75) is 31.7 Å². The molecule has 0 bridgehead atoms. The molecule has 2 aromatic heterocycles. The van der Waals surface area contributed by atoms with Crippen LogP contribution < -0.4 is 0 Å².